The van der Waals surface area contributed by atoms with E-state index < -0.39 is 18.0 Å². The van der Waals surface area contributed by atoms with Crippen LogP contribution in [0.3, 0.4) is 0 Å². The number of aromatic carboxylic acids is 1. The molecule has 1 saturated heterocycles. The van der Waals surface area contributed by atoms with Gasteiger partial charge in [0.1, 0.15) is 24.5 Å². The van der Waals surface area contributed by atoms with Crippen molar-refractivity contribution in [3.05, 3.63) is 107 Å². The highest BCUT2D eigenvalue weighted by Gasteiger charge is 2.25. The molecule has 4 aromatic rings. The van der Waals surface area contributed by atoms with Gasteiger partial charge in [0.05, 0.1) is 53.1 Å². The fraction of sp³-hybridized carbons (Fsp3) is 0.226. The molecule has 0 aliphatic carbocycles. The number of imidazole rings is 1. The number of ether oxygens (including phenoxy) is 2. The van der Waals surface area contributed by atoms with E-state index in [2.05, 4.69) is 4.98 Å². The number of benzene rings is 2. The number of hydrogen-bond acceptors (Lipinski definition) is 8. The second kappa shape index (κ2) is 11.4. The molecule has 11 heteroatoms. The lowest BCUT2D eigenvalue weighted by molar-refractivity contribution is -0.0593. The molecule has 6 rings (SSSR count). The largest absolute Gasteiger partial charge is 0.478 e. The number of aromatic nitrogens is 3. The van der Waals surface area contributed by atoms with Gasteiger partial charge in [-0.05, 0) is 55.0 Å². The van der Waals surface area contributed by atoms with Gasteiger partial charge in [0.2, 0.25) is 5.88 Å². The number of fused-ring (bicyclic) bond motifs is 1. The molecule has 1 unspecified atom stereocenters. The predicted molar refractivity (Wildman–Crippen MR) is 149 cm³/mol. The van der Waals surface area contributed by atoms with E-state index in [1.807, 2.05) is 16.7 Å². The molecule has 0 radical (unpaired) electrons. The number of nitrogens with zero attached hydrogens (tertiary/aromatic N) is 5. The maximum atomic E-state index is 14.2. The number of allylic oxidation sites excluding steroid dienone is 2. The first-order valence-electron chi connectivity index (χ1n) is 13.3. The summed E-state index contributed by atoms with van der Waals surface area (Å²) in [6, 6.07) is 16.1. The van der Waals surface area contributed by atoms with Crippen LogP contribution in [-0.2, 0) is 24.4 Å². The van der Waals surface area contributed by atoms with Gasteiger partial charge in [0.25, 0.3) is 0 Å². The first kappa shape index (κ1) is 27.1. The average molecular weight is 568 g/mol. The van der Waals surface area contributed by atoms with Gasteiger partial charge in [0.15, 0.2) is 0 Å². The van der Waals surface area contributed by atoms with Gasteiger partial charge in [-0.2, -0.15) is 5.26 Å². The molecule has 2 atom stereocenters. The van der Waals surface area contributed by atoms with Gasteiger partial charge in [0, 0.05) is 30.0 Å². The first-order chi connectivity index (χ1) is 20.4. The van der Waals surface area contributed by atoms with Crippen LogP contribution in [0.15, 0.2) is 72.9 Å². The Kier molecular flexibility index (Phi) is 7.39. The fourth-order valence-corrected chi connectivity index (χ4v) is 4.86. The minimum atomic E-state index is -1.01. The molecule has 0 bridgehead atoms. The number of halogens is 1. The Morgan fingerprint density at radius 1 is 1.19 bits per heavy atom. The number of rotatable bonds is 9. The molecule has 2 aliphatic rings. The maximum Gasteiger partial charge on any atom is 0.335 e. The molecule has 4 heterocycles. The SMILES string of the molecule is N#Cc1ccc(COc2cccc(C3=CC(O)N(Cc4nc5ccc(C(=O)O)cc5n4C[C@@H]4CCO4)C=C3)n2)c(F)c1. The highest BCUT2D eigenvalue weighted by Crippen LogP contribution is 2.27. The number of carbonyl (C=O) groups is 1. The third kappa shape index (κ3) is 5.58. The molecular formula is C31H26FN5O5. The van der Waals surface area contributed by atoms with Gasteiger partial charge in [-0.1, -0.05) is 12.1 Å². The van der Waals surface area contributed by atoms with Gasteiger partial charge in [-0.25, -0.2) is 19.2 Å². The molecule has 42 heavy (non-hydrogen) atoms. The zero-order chi connectivity index (χ0) is 29.2. The summed E-state index contributed by atoms with van der Waals surface area (Å²) in [7, 11) is 0. The zero-order valence-electron chi connectivity index (χ0n) is 22.4. The number of aliphatic hydroxyl groups is 1. The van der Waals surface area contributed by atoms with Crippen molar-refractivity contribution in [3.8, 4) is 11.9 Å². The number of nitriles is 1. The molecule has 1 fully saturated rings. The molecule has 10 nitrogen and oxygen atoms in total. The Labute approximate surface area is 240 Å². The van der Waals surface area contributed by atoms with E-state index in [-0.39, 0.29) is 36.3 Å². The lowest BCUT2D eigenvalue weighted by Gasteiger charge is -2.30. The average Bonchev–Trinajstić information content (AvgIpc) is 3.31. The molecule has 2 aliphatic heterocycles. The molecular weight excluding hydrogens is 541 g/mol. The van der Waals surface area contributed by atoms with E-state index in [4.69, 9.17) is 19.7 Å². The Hall–Kier alpha value is -5.05. The second-order valence-corrected chi connectivity index (χ2v) is 10.0. The van der Waals surface area contributed by atoms with Crippen LogP contribution in [0, 0.1) is 17.1 Å². The van der Waals surface area contributed by atoms with Crippen molar-refractivity contribution in [2.24, 2.45) is 0 Å². The van der Waals surface area contributed by atoms with Crippen molar-refractivity contribution >= 4 is 22.6 Å². The summed E-state index contributed by atoms with van der Waals surface area (Å²) < 4.78 is 27.5. The van der Waals surface area contributed by atoms with Crippen molar-refractivity contribution < 1.29 is 28.9 Å². The number of pyridine rings is 1. The Balaban J connectivity index is 1.18. The van der Waals surface area contributed by atoms with E-state index in [9.17, 15) is 19.4 Å². The summed E-state index contributed by atoms with van der Waals surface area (Å²) in [5.41, 5.74) is 3.33. The molecule has 0 spiro atoms. The quantitative estimate of drug-likeness (QED) is 0.305. The third-order valence-electron chi connectivity index (χ3n) is 7.27. The summed E-state index contributed by atoms with van der Waals surface area (Å²) in [4.78, 5) is 22.5. The van der Waals surface area contributed by atoms with Crippen LogP contribution in [0.25, 0.3) is 16.6 Å². The molecule has 0 amide bonds. The van der Waals surface area contributed by atoms with Crippen LogP contribution in [0.4, 0.5) is 4.39 Å². The van der Waals surface area contributed by atoms with E-state index in [1.165, 1.54) is 18.2 Å². The van der Waals surface area contributed by atoms with Crippen LogP contribution < -0.4 is 4.74 Å². The minimum Gasteiger partial charge on any atom is -0.478 e. The maximum absolute atomic E-state index is 14.2. The van der Waals surface area contributed by atoms with Gasteiger partial charge in [-0.3, -0.25) is 0 Å². The van der Waals surface area contributed by atoms with Crippen molar-refractivity contribution in [3.63, 3.8) is 0 Å². The van der Waals surface area contributed by atoms with Crippen LogP contribution >= 0.6 is 0 Å². The smallest absolute Gasteiger partial charge is 0.335 e. The topological polar surface area (TPSA) is 134 Å². The van der Waals surface area contributed by atoms with Crippen LogP contribution in [0.2, 0.25) is 0 Å². The molecule has 212 valence electrons. The molecule has 2 aromatic carbocycles. The van der Waals surface area contributed by atoms with E-state index in [1.54, 1.807) is 47.5 Å². The number of hydrogen-bond donors (Lipinski definition) is 2. The summed E-state index contributed by atoms with van der Waals surface area (Å²) >= 11 is 0. The summed E-state index contributed by atoms with van der Waals surface area (Å²) in [6.07, 6.45) is 5.20. The normalized spacial score (nSPS) is 17.9. The van der Waals surface area contributed by atoms with E-state index in [0.29, 0.717) is 46.8 Å². The first-order valence-corrected chi connectivity index (χ1v) is 13.3. The Morgan fingerprint density at radius 3 is 2.76 bits per heavy atom. The standard InChI is InChI=1S/C31H26FN5O5/c32-24-12-19(15-33)4-5-22(24)18-42-29-3-1-2-25(35-29)20-8-10-36(30(38)14-20)17-28-34-26-7-6-21(31(39)40)13-27(26)37(28)16-23-9-11-41-23/h1-8,10,12-14,23,30,38H,9,11,16-18H2,(H,39,40)/t23-,30?/m0/s1. The van der Waals surface area contributed by atoms with Crippen LogP contribution in [0.5, 0.6) is 5.88 Å². The van der Waals surface area contributed by atoms with Crippen LogP contribution in [-0.4, -0.2) is 54.6 Å². The molecule has 2 N–H and O–H groups in total. The molecule has 2 aromatic heterocycles. The Morgan fingerprint density at radius 2 is 2.05 bits per heavy atom. The third-order valence-corrected chi connectivity index (χ3v) is 7.27. The lowest BCUT2D eigenvalue weighted by atomic mass is 10.1. The van der Waals surface area contributed by atoms with Crippen molar-refractivity contribution in [2.75, 3.05) is 6.61 Å². The van der Waals surface area contributed by atoms with Crippen LogP contribution in [0.1, 0.15) is 39.4 Å². The minimum absolute atomic E-state index is 0.0249. The Bertz CT molecular complexity index is 1770. The van der Waals surface area contributed by atoms with Gasteiger partial charge in [-0.15, -0.1) is 0 Å². The van der Waals surface area contributed by atoms with Crippen molar-refractivity contribution in [1.82, 2.24) is 19.4 Å². The molecule has 0 saturated carbocycles. The number of carboxylic acids is 1. The van der Waals surface area contributed by atoms with E-state index in [0.717, 1.165) is 12.5 Å². The predicted octanol–water partition coefficient (Wildman–Crippen LogP) is 4.24. The monoisotopic (exact) mass is 567 g/mol. The fourth-order valence-electron chi connectivity index (χ4n) is 4.86. The summed E-state index contributed by atoms with van der Waals surface area (Å²) in [5, 5.41) is 29.4. The number of aliphatic hydroxyl groups excluding tert-OH is 1. The highest BCUT2D eigenvalue weighted by molar-refractivity contribution is 5.92. The summed E-state index contributed by atoms with van der Waals surface area (Å²) in [5.74, 6) is -0.577. The zero-order valence-corrected chi connectivity index (χ0v) is 22.4. The van der Waals surface area contributed by atoms with Crippen molar-refractivity contribution in [1.29, 1.82) is 5.26 Å². The summed E-state index contributed by atoms with van der Waals surface area (Å²) in [6.45, 7) is 1.45. The second-order valence-electron chi connectivity index (χ2n) is 10.0. The van der Waals surface area contributed by atoms with E-state index >= 15 is 0 Å². The van der Waals surface area contributed by atoms with Gasteiger partial charge < -0.3 is 29.2 Å². The highest BCUT2D eigenvalue weighted by atomic mass is 19.1. The number of carboxylic acid groups (broad SMARTS) is 1. The van der Waals surface area contributed by atoms with Crippen molar-refractivity contribution in [2.45, 2.75) is 38.4 Å². The van der Waals surface area contributed by atoms with Gasteiger partial charge >= 0.3 is 5.97 Å². The lowest BCUT2D eigenvalue weighted by Crippen LogP contribution is -2.34.